The Bertz CT molecular complexity index is 434. The summed E-state index contributed by atoms with van der Waals surface area (Å²) in [6.07, 6.45) is 1.10. The Kier molecular flexibility index (Phi) is 16.2. The summed E-state index contributed by atoms with van der Waals surface area (Å²) in [7, 11) is 0. The number of aryl methyl sites for hydroxylation is 1. The predicted molar refractivity (Wildman–Crippen MR) is 76.8 cm³/mol. The van der Waals surface area contributed by atoms with Crippen molar-refractivity contribution in [3.63, 3.8) is 0 Å². The summed E-state index contributed by atoms with van der Waals surface area (Å²) >= 11 is 1.61. The Morgan fingerprint density at radius 1 is 1.14 bits per heavy atom. The van der Waals surface area contributed by atoms with Gasteiger partial charge in [-0.1, -0.05) is 0 Å². The van der Waals surface area contributed by atoms with Crippen molar-refractivity contribution in [3.05, 3.63) is 28.9 Å². The van der Waals surface area contributed by atoms with E-state index in [0.29, 0.717) is 12.0 Å². The van der Waals surface area contributed by atoms with E-state index in [9.17, 15) is 0 Å². The number of aromatic nitrogens is 1. The molecule has 5 heteroatoms. The van der Waals surface area contributed by atoms with Crippen molar-refractivity contribution in [1.29, 1.82) is 0 Å². The summed E-state index contributed by atoms with van der Waals surface area (Å²) in [6, 6.07) is 2.93. The van der Waals surface area contributed by atoms with Gasteiger partial charge in [0.15, 0.2) is 0 Å². The first-order chi connectivity index (χ1) is 8.25. The third-order valence-electron chi connectivity index (χ3n) is 3.16. The molecule has 0 aliphatic rings. The van der Waals surface area contributed by atoms with E-state index in [2.05, 4.69) is 59.1 Å². The van der Waals surface area contributed by atoms with Crippen molar-refractivity contribution >= 4 is 3.90 Å². The maximum Gasteiger partial charge on any atom is 0 e. The van der Waals surface area contributed by atoms with Crippen molar-refractivity contribution in [3.8, 4) is 0 Å². The largest absolute Gasteiger partial charge is 0 e. The monoisotopic (exact) mass is 968 g/mol. The molecule has 0 bridgehead atoms. The normalized spacial score (nSPS) is 10.2. The molecule has 0 amide bonds. The summed E-state index contributed by atoms with van der Waals surface area (Å²) < 4.78 is 4.10. The van der Waals surface area contributed by atoms with Gasteiger partial charge in [-0.25, -0.2) is 0 Å². The first-order valence-electron chi connectivity index (χ1n) is 6.79. The average Bonchev–Trinajstić information content (AvgIpc) is 2.53. The van der Waals surface area contributed by atoms with Crippen molar-refractivity contribution in [2.24, 2.45) is 5.92 Å². The van der Waals surface area contributed by atoms with Crippen LogP contribution in [-0.2, 0) is 89.0 Å². The minimum absolute atomic E-state index is 0. The van der Waals surface area contributed by atoms with Gasteiger partial charge in [-0.05, 0) is 0 Å². The predicted octanol–water partition coefficient (Wildman–Crippen LogP) is 4.25. The Balaban J connectivity index is -0.00000108. The minimum Gasteiger partial charge on any atom is 0 e. The molecular weight excluding hydrogens is 942 g/mol. The Labute approximate surface area is 185 Å². The molecular formula is C16H26NW4-. The van der Waals surface area contributed by atoms with Gasteiger partial charge in [0.2, 0.25) is 0 Å². The molecule has 0 aliphatic carbocycles. The van der Waals surface area contributed by atoms with E-state index in [0.717, 1.165) is 6.42 Å². The Morgan fingerprint density at radius 2 is 1.62 bits per heavy atom. The van der Waals surface area contributed by atoms with Gasteiger partial charge in [-0.2, -0.15) is 0 Å². The maximum atomic E-state index is 2.51. The van der Waals surface area contributed by atoms with Crippen LogP contribution in [0.5, 0.6) is 0 Å². The molecule has 0 saturated heterocycles. The molecule has 1 aromatic rings. The van der Waals surface area contributed by atoms with Crippen LogP contribution < -0.4 is 0 Å². The van der Waals surface area contributed by atoms with Crippen molar-refractivity contribution in [2.75, 3.05) is 0 Å². The molecule has 1 aromatic heterocycles. The topological polar surface area (TPSA) is 4.93 Å². The molecule has 120 valence electrons. The zero-order valence-electron chi connectivity index (χ0n) is 14.0. The van der Waals surface area contributed by atoms with Crippen molar-refractivity contribution in [1.82, 2.24) is 4.57 Å². The fourth-order valence-electron chi connectivity index (χ4n) is 2.46. The molecule has 1 heterocycles. The van der Waals surface area contributed by atoms with Gasteiger partial charge in [-0.3, -0.25) is 0 Å². The molecule has 1 nitrogen and oxygen atoms in total. The maximum absolute atomic E-state index is 2.51. The van der Waals surface area contributed by atoms with Crippen LogP contribution >= 0.6 is 0 Å². The van der Waals surface area contributed by atoms with Crippen LogP contribution in [0.4, 0.5) is 0 Å². The van der Waals surface area contributed by atoms with Crippen LogP contribution in [0.1, 0.15) is 64.5 Å². The van der Waals surface area contributed by atoms with E-state index >= 15 is 0 Å². The third kappa shape index (κ3) is 7.55. The molecule has 0 spiro atoms. The van der Waals surface area contributed by atoms with Crippen LogP contribution in [0.25, 0.3) is 0 Å². The number of hydrogen-bond donors (Lipinski definition) is 0. The van der Waals surface area contributed by atoms with Gasteiger partial charge < -0.3 is 0 Å². The van der Waals surface area contributed by atoms with Gasteiger partial charge >= 0.3 is 124 Å². The number of nitrogens with zero attached hydrogens (tertiary/aromatic N) is 1. The van der Waals surface area contributed by atoms with Crippen LogP contribution in [-0.4, -0.2) is 8.47 Å². The second kappa shape index (κ2) is 12.3. The molecule has 1 rings (SSSR count). The quantitative estimate of drug-likeness (QED) is 0.390. The zero-order valence-corrected chi connectivity index (χ0v) is 25.8. The molecule has 0 aliphatic heterocycles. The summed E-state index contributed by atoms with van der Waals surface area (Å²) in [5.74, 6) is 2.14. The third-order valence-corrected chi connectivity index (χ3v) is 5.65. The van der Waals surface area contributed by atoms with Gasteiger partial charge in [0.25, 0.3) is 0 Å². The van der Waals surface area contributed by atoms with Crippen molar-refractivity contribution in [2.45, 2.75) is 60.9 Å². The van der Waals surface area contributed by atoms with E-state index in [1.54, 1.807) is 23.3 Å². The minimum atomic E-state index is 0. The average molecular weight is 968 g/mol. The summed E-state index contributed by atoms with van der Waals surface area (Å²) in [5.41, 5.74) is 4.42. The summed E-state index contributed by atoms with van der Waals surface area (Å²) in [5, 5.41) is 0. The molecule has 0 radical (unpaired) electrons. The number of hydrogen-bond acceptors (Lipinski definition) is 0. The van der Waals surface area contributed by atoms with Gasteiger partial charge in [0.05, 0.1) is 0 Å². The van der Waals surface area contributed by atoms with Crippen LogP contribution in [0.3, 0.4) is 0 Å². The van der Waals surface area contributed by atoms with Gasteiger partial charge in [0.1, 0.15) is 0 Å². The first kappa shape index (κ1) is 27.7. The van der Waals surface area contributed by atoms with E-state index in [1.807, 2.05) is 0 Å². The second-order valence-electron chi connectivity index (χ2n) is 6.01. The molecule has 0 aromatic carbocycles. The Morgan fingerprint density at radius 3 is 1.95 bits per heavy atom. The Hall–Kier alpha value is 1.90. The molecule has 0 unspecified atom stereocenters. The molecule has 0 N–H and O–H groups in total. The summed E-state index contributed by atoms with van der Waals surface area (Å²) in [4.78, 5) is 0. The first-order valence-corrected chi connectivity index (χ1v) is 8.26. The SMILES string of the molecule is Cc1cc([C](=[W])C(C)C)c(C[C-](C)C)n1C(C)C.[W].[W].[W]. The van der Waals surface area contributed by atoms with Gasteiger partial charge in [-0.15, -0.1) is 0 Å². The van der Waals surface area contributed by atoms with Crippen LogP contribution in [0.2, 0.25) is 0 Å². The van der Waals surface area contributed by atoms with E-state index in [1.165, 1.54) is 22.9 Å². The zero-order chi connectivity index (χ0) is 14.0. The smallest absolute Gasteiger partial charge is 0 e. The van der Waals surface area contributed by atoms with Crippen LogP contribution in [0, 0.1) is 18.8 Å². The fourth-order valence-corrected chi connectivity index (χ4v) is 3.10. The van der Waals surface area contributed by atoms with E-state index in [4.69, 9.17) is 0 Å². The molecule has 21 heavy (non-hydrogen) atoms. The van der Waals surface area contributed by atoms with Gasteiger partial charge in [0, 0.05) is 63.2 Å². The van der Waals surface area contributed by atoms with Crippen LogP contribution in [0.15, 0.2) is 6.07 Å². The van der Waals surface area contributed by atoms with E-state index in [-0.39, 0.29) is 63.2 Å². The standard InChI is InChI=1S/C16H26N.4W/c1-11(2)8-15-10-14(7)17(13(5)6)16(15)9-12(3)4;;;;/h10-11,13H,9H2,1-7H3;;;;/q-1;;;;. The number of rotatable bonds is 5. The molecule has 0 fully saturated rings. The van der Waals surface area contributed by atoms with Crippen molar-refractivity contribution < 1.29 is 82.5 Å². The van der Waals surface area contributed by atoms with E-state index < -0.39 is 0 Å². The second-order valence-corrected chi connectivity index (χ2v) is 7.59. The molecule has 0 atom stereocenters. The molecule has 0 saturated carbocycles. The summed E-state index contributed by atoms with van der Waals surface area (Å²) in [6.45, 7) is 15.9. The fraction of sp³-hybridized carbons (Fsp3) is 0.625.